The predicted molar refractivity (Wildman–Crippen MR) is 52.7 cm³/mol. The number of aryl methyl sites for hydroxylation is 1. The number of nitrogens with zero attached hydrogens (tertiary/aromatic N) is 2. The molecule has 0 fully saturated rings. The molecule has 0 saturated carbocycles. The lowest BCUT2D eigenvalue weighted by Crippen LogP contribution is -2.03. The van der Waals surface area contributed by atoms with Crippen LogP contribution in [0.2, 0.25) is 5.02 Å². The Hall–Kier alpha value is -1.55. The van der Waals surface area contributed by atoms with Crippen LogP contribution in [0.3, 0.4) is 0 Å². The molecule has 0 saturated heterocycles. The number of carboxylic acids is 1. The molecular weight excluding hydrogens is 204 g/mol. The first-order valence-electron chi connectivity index (χ1n) is 3.94. The second-order valence-electron chi connectivity index (χ2n) is 2.95. The molecule has 14 heavy (non-hydrogen) atoms. The fourth-order valence-electron chi connectivity index (χ4n) is 1.38. The van der Waals surface area contributed by atoms with Crippen LogP contribution >= 0.6 is 11.6 Å². The van der Waals surface area contributed by atoms with E-state index in [1.54, 1.807) is 17.7 Å². The SMILES string of the molecule is Cn1c(C(=O)O)cc2ncc(Cl)cc21. The van der Waals surface area contributed by atoms with E-state index in [-0.39, 0.29) is 5.69 Å². The van der Waals surface area contributed by atoms with Crippen molar-refractivity contribution < 1.29 is 9.90 Å². The van der Waals surface area contributed by atoms with Crippen LogP contribution in [0.4, 0.5) is 0 Å². The van der Waals surface area contributed by atoms with Crippen molar-refractivity contribution in [1.29, 1.82) is 0 Å². The molecule has 0 spiro atoms. The van der Waals surface area contributed by atoms with Gasteiger partial charge in [0.1, 0.15) is 5.69 Å². The van der Waals surface area contributed by atoms with Gasteiger partial charge in [0, 0.05) is 13.2 Å². The molecule has 2 aromatic rings. The highest BCUT2D eigenvalue weighted by molar-refractivity contribution is 6.31. The third kappa shape index (κ3) is 1.24. The fraction of sp³-hybridized carbons (Fsp3) is 0.111. The fourth-order valence-corrected chi connectivity index (χ4v) is 1.53. The summed E-state index contributed by atoms with van der Waals surface area (Å²) in [4.78, 5) is 14.8. The van der Waals surface area contributed by atoms with E-state index in [0.29, 0.717) is 10.5 Å². The highest BCUT2D eigenvalue weighted by Gasteiger charge is 2.12. The van der Waals surface area contributed by atoms with Crippen molar-refractivity contribution in [3.05, 3.63) is 29.0 Å². The largest absolute Gasteiger partial charge is 0.477 e. The summed E-state index contributed by atoms with van der Waals surface area (Å²) in [6, 6.07) is 3.21. The van der Waals surface area contributed by atoms with E-state index in [0.717, 1.165) is 5.52 Å². The summed E-state index contributed by atoms with van der Waals surface area (Å²) in [7, 11) is 1.67. The lowest BCUT2D eigenvalue weighted by molar-refractivity contribution is 0.0687. The van der Waals surface area contributed by atoms with Gasteiger partial charge in [-0.1, -0.05) is 11.6 Å². The Morgan fingerprint density at radius 1 is 1.57 bits per heavy atom. The summed E-state index contributed by atoms with van der Waals surface area (Å²) in [5.41, 5.74) is 1.55. The van der Waals surface area contributed by atoms with Crippen molar-refractivity contribution in [3.63, 3.8) is 0 Å². The van der Waals surface area contributed by atoms with Gasteiger partial charge in [-0.3, -0.25) is 4.98 Å². The van der Waals surface area contributed by atoms with Gasteiger partial charge in [-0.2, -0.15) is 0 Å². The molecule has 0 aliphatic carbocycles. The van der Waals surface area contributed by atoms with Crippen LogP contribution in [-0.4, -0.2) is 20.6 Å². The summed E-state index contributed by atoms with van der Waals surface area (Å²) >= 11 is 5.76. The lowest BCUT2D eigenvalue weighted by Gasteiger charge is -1.98. The summed E-state index contributed by atoms with van der Waals surface area (Å²) < 4.78 is 1.55. The van der Waals surface area contributed by atoms with Crippen LogP contribution in [0, 0.1) is 0 Å². The van der Waals surface area contributed by atoms with E-state index >= 15 is 0 Å². The van der Waals surface area contributed by atoms with Crippen molar-refractivity contribution in [3.8, 4) is 0 Å². The number of aromatic carboxylic acids is 1. The molecule has 0 bridgehead atoms. The molecule has 2 heterocycles. The van der Waals surface area contributed by atoms with Crippen LogP contribution in [0.5, 0.6) is 0 Å². The number of pyridine rings is 1. The number of rotatable bonds is 1. The van der Waals surface area contributed by atoms with E-state index < -0.39 is 5.97 Å². The molecular formula is C9H7ClN2O2. The first kappa shape index (κ1) is 9.02. The van der Waals surface area contributed by atoms with Gasteiger partial charge in [0.15, 0.2) is 0 Å². The highest BCUT2D eigenvalue weighted by Crippen LogP contribution is 2.19. The number of carboxylic acid groups (broad SMARTS) is 1. The van der Waals surface area contributed by atoms with E-state index in [1.165, 1.54) is 12.3 Å². The van der Waals surface area contributed by atoms with E-state index in [9.17, 15) is 4.79 Å². The maximum atomic E-state index is 10.8. The van der Waals surface area contributed by atoms with Crippen LogP contribution in [0.25, 0.3) is 11.0 Å². The van der Waals surface area contributed by atoms with E-state index in [1.807, 2.05) is 0 Å². The van der Waals surface area contributed by atoms with Crippen LogP contribution < -0.4 is 0 Å². The zero-order valence-electron chi connectivity index (χ0n) is 7.36. The van der Waals surface area contributed by atoms with Gasteiger partial charge in [-0.25, -0.2) is 4.79 Å². The Balaban J connectivity index is 2.80. The highest BCUT2D eigenvalue weighted by atomic mass is 35.5. The number of aromatic nitrogens is 2. The van der Waals surface area contributed by atoms with Gasteiger partial charge in [0.2, 0.25) is 0 Å². The second kappa shape index (κ2) is 2.99. The average Bonchev–Trinajstić information content (AvgIpc) is 2.44. The molecule has 5 heteroatoms. The van der Waals surface area contributed by atoms with Crippen molar-refractivity contribution in [2.75, 3.05) is 0 Å². The first-order chi connectivity index (χ1) is 6.59. The normalized spacial score (nSPS) is 10.7. The third-order valence-corrected chi connectivity index (χ3v) is 2.29. The number of fused-ring (bicyclic) bond motifs is 1. The van der Waals surface area contributed by atoms with Crippen LogP contribution in [0.1, 0.15) is 10.5 Å². The van der Waals surface area contributed by atoms with Crippen molar-refractivity contribution in [2.45, 2.75) is 0 Å². The smallest absolute Gasteiger partial charge is 0.352 e. The monoisotopic (exact) mass is 210 g/mol. The topological polar surface area (TPSA) is 55.1 Å². The Bertz CT molecular complexity index is 519. The second-order valence-corrected chi connectivity index (χ2v) is 3.39. The molecule has 0 atom stereocenters. The summed E-state index contributed by atoms with van der Waals surface area (Å²) in [6.45, 7) is 0. The number of halogens is 1. The zero-order valence-corrected chi connectivity index (χ0v) is 8.12. The molecule has 2 rings (SSSR count). The molecule has 0 aliphatic heterocycles. The molecule has 2 aromatic heterocycles. The van der Waals surface area contributed by atoms with Gasteiger partial charge < -0.3 is 9.67 Å². The zero-order chi connectivity index (χ0) is 10.3. The lowest BCUT2D eigenvalue weighted by atomic mass is 10.4. The molecule has 0 radical (unpaired) electrons. The molecule has 1 N–H and O–H groups in total. The minimum atomic E-state index is -0.971. The van der Waals surface area contributed by atoms with Crippen LogP contribution in [-0.2, 0) is 7.05 Å². The van der Waals surface area contributed by atoms with Crippen molar-refractivity contribution in [2.24, 2.45) is 7.05 Å². The Kier molecular flexibility index (Phi) is 1.93. The van der Waals surface area contributed by atoms with Gasteiger partial charge in [-0.05, 0) is 12.1 Å². The standard InChI is InChI=1S/C9H7ClN2O2/c1-12-7-2-5(10)4-11-6(7)3-8(12)9(13)14/h2-4H,1H3,(H,13,14). The Morgan fingerprint density at radius 2 is 2.29 bits per heavy atom. The van der Waals surface area contributed by atoms with Gasteiger partial charge in [0.05, 0.1) is 16.1 Å². The molecule has 0 amide bonds. The maximum Gasteiger partial charge on any atom is 0.352 e. The van der Waals surface area contributed by atoms with Crippen molar-refractivity contribution in [1.82, 2.24) is 9.55 Å². The number of hydrogen-bond acceptors (Lipinski definition) is 2. The van der Waals surface area contributed by atoms with Gasteiger partial charge in [0.25, 0.3) is 0 Å². The average molecular weight is 211 g/mol. The number of carbonyl (C=O) groups is 1. The van der Waals surface area contributed by atoms with Crippen LogP contribution in [0.15, 0.2) is 18.3 Å². The summed E-state index contributed by atoms with van der Waals surface area (Å²) in [5.74, 6) is -0.971. The van der Waals surface area contributed by atoms with E-state index in [4.69, 9.17) is 16.7 Å². The minimum absolute atomic E-state index is 0.203. The van der Waals surface area contributed by atoms with Gasteiger partial charge >= 0.3 is 5.97 Å². The summed E-state index contributed by atoms with van der Waals surface area (Å²) in [5, 5.41) is 9.35. The summed E-state index contributed by atoms with van der Waals surface area (Å²) in [6.07, 6.45) is 1.50. The molecule has 0 unspecified atom stereocenters. The Morgan fingerprint density at radius 3 is 2.93 bits per heavy atom. The van der Waals surface area contributed by atoms with E-state index in [2.05, 4.69) is 4.98 Å². The predicted octanol–water partition coefficient (Wildman–Crippen LogP) is 1.92. The maximum absolute atomic E-state index is 10.8. The molecule has 0 aromatic carbocycles. The Labute approximate surface area is 84.7 Å². The van der Waals surface area contributed by atoms with Crippen molar-refractivity contribution >= 4 is 28.6 Å². The van der Waals surface area contributed by atoms with Gasteiger partial charge in [-0.15, -0.1) is 0 Å². The molecule has 4 nitrogen and oxygen atoms in total. The quantitative estimate of drug-likeness (QED) is 0.783. The first-order valence-corrected chi connectivity index (χ1v) is 4.31. The third-order valence-electron chi connectivity index (χ3n) is 2.08. The molecule has 72 valence electrons. The minimum Gasteiger partial charge on any atom is -0.477 e. The number of hydrogen-bond donors (Lipinski definition) is 1. The molecule has 0 aliphatic rings.